The van der Waals surface area contributed by atoms with Gasteiger partial charge in [0.2, 0.25) is 0 Å². The van der Waals surface area contributed by atoms with E-state index >= 15 is 0 Å². The van der Waals surface area contributed by atoms with Crippen molar-refractivity contribution in [2.24, 2.45) is 0 Å². The maximum absolute atomic E-state index is 10.1. The number of aliphatic hydroxyl groups excluding tert-OH is 1. The van der Waals surface area contributed by atoms with Gasteiger partial charge in [-0.3, -0.25) is 0 Å². The molecule has 0 aliphatic heterocycles. The third kappa shape index (κ3) is 1.94. The van der Waals surface area contributed by atoms with Crippen molar-refractivity contribution in [2.45, 2.75) is 25.4 Å². The van der Waals surface area contributed by atoms with E-state index in [2.05, 4.69) is 31.2 Å². The van der Waals surface area contributed by atoms with E-state index < -0.39 is 0 Å². The fraction of sp³-hybridized carbons (Fsp3) is 0.250. The Hall–Kier alpha value is -1.31. The summed E-state index contributed by atoms with van der Waals surface area (Å²) in [4.78, 5) is 0. The summed E-state index contributed by atoms with van der Waals surface area (Å²) in [5.41, 5.74) is 4.69. The molecule has 2 heteroatoms. The maximum atomic E-state index is 10.1. The summed E-state index contributed by atoms with van der Waals surface area (Å²) < 4.78 is 0. The van der Waals surface area contributed by atoms with Crippen LogP contribution in [-0.2, 0) is 0 Å². The number of hydrogen-bond donors (Lipinski definition) is 1. The molecular weight excluding hydrogens is 244 g/mol. The van der Waals surface area contributed by atoms with Gasteiger partial charge in [0, 0.05) is 10.9 Å². The molecule has 0 fully saturated rings. The van der Waals surface area contributed by atoms with Crippen LogP contribution in [0.25, 0.3) is 0 Å². The van der Waals surface area contributed by atoms with Crippen molar-refractivity contribution in [3.63, 3.8) is 0 Å². The predicted octanol–water partition coefficient (Wildman–Crippen LogP) is 4.22. The van der Waals surface area contributed by atoms with Gasteiger partial charge in [0.1, 0.15) is 0 Å². The Morgan fingerprint density at radius 2 is 1.78 bits per heavy atom. The van der Waals surface area contributed by atoms with E-state index in [1.165, 1.54) is 16.7 Å². The average molecular weight is 259 g/mol. The highest BCUT2D eigenvalue weighted by molar-refractivity contribution is 6.30. The van der Waals surface area contributed by atoms with Crippen LogP contribution in [0.5, 0.6) is 0 Å². The second kappa shape index (κ2) is 4.42. The first-order chi connectivity index (χ1) is 8.65. The molecule has 92 valence electrons. The smallest absolute Gasteiger partial charge is 0.0802 e. The Morgan fingerprint density at radius 1 is 1.06 bits per heavy atom. The number of fused-ring (bicyclic) bond motifs is 1. The Morgan fingerprint density at radius 3 is 2.50 bits per heavy atom. The number of halogens is 1. The van der Waals surface area contributed by atoms with E-state index in [0.717, 1.165) is 17.0 Å². The van der Waals surface area contributed by atoms with Crippen molar-refractivity contribution < 1.29 is 5.11 Å². The summed E-state index contributed by atoms with van der Waals surface area (Å²) in [6, 6.07) is 14.3. The standard InChI is InChI=1S/C16H15ClO/c1-10-2-4-11(5-3-10)14-9-16(18)13-7-6-12(17)8-15(13)14/h2-8,14,16,18H,9H2,1H3/t14-,16+/m1/s1. The maximum Gasteiger partial charge on any atom is 0.0802 e. The van der Waals surface area contributed by atoms with Crippen molar-refractivity contribution in [3.8, 4) is 0 Å². The van der Waals surface area contributed by atoms with Gasteiger partial charge in [0.15, 0.2) is 0 Å². The molecule has 0 spiro atoms. The van der Waals surface area contributed by atoms with Crippen LogP contribution in [0.4, 0.5) is 0 Å². The van der Waals surface area contributed by atoms with Crippen LogP contribution < -0.4 is 0 Å². The monoisotopic (exact) mass is 258 g/mol. The third-order valence-corrected chi connectivity index (χ3v) is 3.96. The number of benzene rings is 2. The lowest BCUT2D eigenvalue weighted by molar-refractivity contribution is 0.176. The quantitative estimate of drug-likeness (QED) is 0.812. The van der Waals surface area contributed by atoms with Crippen molar-refractivity contribution in [2.75, 3.05) is 0 Å². The van der Waals surface area contributed by atoms with E-state index in [1.807, 2.05) is 18.2 Å². The molecule has 2 aromatic carbocycles. The number of aliphatic hydroxyl groups is 1. The van der Waals surface area contributed by atoms with Gasteiger partial charge in [0.25, 0.3) is 0 Å². The minimum atomic E-state index is -0.372. The van der Waals surface area contributed by atoms with E-state index in [0.29, 0.717) is 0 Å². The van der Waals surface area contributed by atoms with Crippen LogP contribution >= 0.6 is 11.6 Å². The lowest BCUT2D eigenvalue weighted by atomic mass is 9.92. The van der Waals surface area contributed by atoms with Crippen molar-refractivity contribution >= 4 is 11.6 Å². The molecule has 0 saturated heterocycles. The summed E-state index contributed by atoms with van der Waals surface area (Å²) in [5.74, 6) is 0.259. The topological polar surface area (TPSA) is 20.2 Å². The van der Waals surface area contributed by atoms with Crippen LogP contribution in [0, 0.1) is 6.92 Å². The molecular formula is C16H15ClO. The van der Waals surface area contributed by atoms with Crippen molar-refractivity contribution in [3.05, 3.63) is 69.7 Å². The SMILES string of the molecule is Cc1ccc([C@H]2C[C@H](O)c3ccc(Cl)cc32)cc1. The molecule has 2 aromatic rings. The molecule has 18 heavy (non-hydrogen) atoms. The summed E-state index contributed by atoms with van der Waals surface area (Å²) in [6.45, 7) is 2.08. The Labute approximate surface area is 112 Å². The van der Waals surface area contributed by atoms with Crippen molar-refractivity contribution in [1.82, 2.24) is 0 Å². The van der Waals surface area contributed by atoms with Gasteiger partial charge >= 0.3 is 0 Å². The summed E-state index contributed by atoms with van der Waals surface area (Å²) >= 11 is 6.07. The molecule has 1 N–H and O–H groups in total. The van der Waals surface area contributed by atoms with Crippen LogP contribution in [0.15, 0.2) is 42.5 Å². The van der Waals surface area contributed by atoms with Crippen molar-refractivity contribution in [1.29, 1.82) is 0 Å². The molecule has 1 aliphatic carbocycles. The summed E-state index contributed by atoms with van der Waals surface area (Å²) in [6.07, 6.45) is 0.377. The van der Waals surface area contributed by atoms with E-state index in [4.69, 9.17) is 11.6 Å². The highest BCUT2D eigenvalue weighted by Gasteiger charge is 2.30. The minimum absolute atomic E-state index is 0.259. The Bertz CT molecular complexity index is 574. The van der Waals surface area contributed by atoms with Gasteiger partial charge in [-0.15, -0.1) is 0 Å². The molecule has 3 rings (SSSR count). The Kier molecular flexibility index (Phi) is 2.89. The molecule has 0 heterocycles. The Balaban J connectivity index is 2.06. The van der Waals surface area contributed by atoms with Gasteiger partial charge in [-0.2, -0.15) is 0 Å². The third-order valence-electron chi connectivity index (χ3n) is 3.72. The van der Waals surface area contributed by atoms with E-state index in [-0.39, 0.29) is 12.0 Å². The zero-order chi connectivity index (χ0) is 12.7. The first-order valence-electron chi connectivity index (χ1n) is 6.19. The fourth-order valence-corrected chi connectivity index (χ4v) is 2.92. The second-order valence-electron chi connectivity index (χ2n) is 4.99. The van der Waals surface area contributed by atoms with Gasteiger partial charge in [-0.25, -0.2) is 0 Å². The van der Waals surface area contributed by atoms with Gasteiger partial charge in [-0.05, 0) is 42.2 Å². The molecule has 0 radical (unpaired) electrons. The molecule has 0 saturated carbocycles. The van der Waals surface area contributed by atoms with Gasteiger partial charge < -0.3 is 5.11 Å². The molecule has 1 aliphatic rings. The predicted molar refractivity (Wildman–Crippen MR) is 74.1 cm³/mol. The molecule has 2 atom stereocenters. The zero-order valence-electron chi connectivity index (χ0n) is 10.2. The van der Waals surface area contributed by atoms with Gasteiger partial charge in [0.05, 0.1) is 6.10 Å². The van der Waals surface area contributed by atoms with E-state index in [9.17, 15) is 5.11 Å². The second-order valence-corrected chi connectivity index (χ2v) is 5.42. The van der Waals surface area contributed by atoms with Crippen LogP contribution in [0.2, 0.25) is 5.02 Å². The average Bonchev–Trinajstić information content (AvgIpc) is 2.67. The first kappa shape index (κ1) is 11.8. The zero-order valence-corrected chi connectivity index (χ0v) is 11.0. The van der Waals surface area contributed by atoms with Crippen LogP contribution in [0.3, 0.4) is 0 Å². The molecule has 0 unspecified atom stereocenters. The lowest BCUT2D eigenvalue weighted by Gasteiger charge is -2.12. The number of rotatable bonds is 1. The van der Waals surface area contributed by atoms with Crippen LogP contribution in [0.1, 0.15) is 40.7 Å². The number of hydrogen-bond acceptors (Lipinski definition) is 1. The normalized spacial score (nSPS) is 21.9. The largest absolute Gasteiger partial charge is 0.388 e. The van der Waals surface area contributed by atoms with Crippen LogP contribution in [-0.4, -0.2) is 5.11 Å². The summed E-state index contributed by atoms with van der Waals surface area (Å²) in [5, 5.41) is 10.9. The highest BCUT2D eigenvalue weighted by atomic mass is 35.5. The van der Waals surface area contributed by atoms with Gasteiger partial charge in [-0.1, -0.05) is 47.5 Å². The highest BCUT2D eigenvalue weighted by Crippen LogP contribution is 2.44. The summed E-state index contributed by atoms with van der Waals surface area (Å²) in [7, 11) is 0. The lowest BCUT2D eigenvalue weighted by Crippen LogP contribution is -1.96. The molecule has 0 amide bonds. The molecule has 1 nitrogen and oxygen atoms in total. The minimum Gasteiger partial charge on any atom is -0.388 e. The molecule has 0 aromatic heterocycles. The van der Waals surface area contributed by atoms with E-state index in [1.54, 1.807) is 0 Å². The fourth-order valence-electron chi connectivity index (χ4n) is 2.74. The molecule has 0 bridgehead atoms. The first-order valence-corrected chi connectivity index (χ1v) is 6.57. The number of aryl methyl sites for hydroxylation is 1.